The lowest BCUT2D eigenvalue weighted by molar-refractivity contribution is -0.0111. The van der Waals surface area contributed by atoms with Crippen molar-refractivity contribution in [2.75, 3.05) is 18.4 Å². The zero-order valence-electron chi connectivity index (χ0n) is 16.5. The van der Waals surface area contributed by atoms with Crippen LogP contribution in [0.5, 0.6) is 0 Å². The van der Waals surface area contributed by atoms with Gasteiger partial charge in [-0.25, -0.2) is 9.18 Å². The molecular weight excluding hydrogens is 407 g/mol. The molecule has 30 heavy (non-hydrogen) atoms. The molecule has 1 aromatic heterocycles. The molecule has 2 aromatic carbocycles. The second-order valence-corrected chi connectivity index (χ2v) is 8.75. The lowest BCUT2D eigenvalue weighted by Gasteiger charge is -2.42. The highest BCUT2D eigenvalue weighted by Crippen LogP contribution is 2.51. The summed E-state index contributed by atoms with van der Waals surface area (Å²) < 4.78 is 15.0. The number of likely N-dealkylation sites (tertiary alicyclic amines) is 1. The standard InChI is InChI=1S/C22H22ClFN4O2/c1-22(20(29)18-11-15(23)10-13-12-25-28(22)19(13)18)14-6-8-27(9-7-14)21(30)26-17-4-2-16(24)3-5-17/h2-5,10-12,14,20,29H,6-9H2,1H3,(H,26,30)/t20-,22?/m0/s1. The van der Waals surface area contributed by atoms with Crippen LogP contribution in [0.3, 0.4) is 0 Å². The molecule has 2 aliphatic heterocycles. The summed E-state index contributed by atoms with van der Waals surface area (Å²) in [5.74, 6) is -0.191. The van der Waals surface area contributed by atoms with Gasteiger partial charge in [-0.15, -0.1) is 0 Å². The van der Waals surface area contributed by atoms with Crippen LogP contribution < -0.4 is 5.32 Å². The fourth-order valence-corrected chi connectivity index (χ4v) is 5.20. The zero-order chi connectivity index (χ0) is 21.0. The molecular formula is C22H22ClFN4O2. The topological polar surface area (TPSA) is 70.4 Å². The van der Waals surface area contributed by atoms with Crippen LogP contribution in [0.15, 0.2) is 42.6 Å². The monoisotopic (exact) mass is 428 g/mol. The number of amides is 2. The van der Waals surface area contributed by atoms with Gasteiger partial charge in [0.2, 0.25) is 0 Å². The van der Waals surface area contributed by atoms with Gasteiger partial charge in [0, 0.05) is 34.7 Å². The van der Waals surface area contributed by atoms with E-state index in [1.165, 1.54) is 12.1 Å². The second-order valence-electron chi connectivity index (χ2n) is 8.32. The van der Waals surface area contributed by atoms with Crippen molar-refractivity contribution in [2.45, 2.75) is 31.4 Å². The number of aliphatic hydroxyl groups is 1. The molecule has 2 atom stereocenters. The maximum absolute atomic E-state index is 13.1. The Bertz CT molecular complexity index is 1120. The summed E-state index contributed by atoms with van der Waals surface area (Å²) in [4.78, 5) is 14.3. The second kappa shape index (κ2) is 6.96. The fourth-order valence-electron chi connectivity index (χ4n) is 4.97. The molecule has 156 valence electrons. The number of aromatic nitrogens is 2. The molecule has 1 saturated heterocycles. The Morgan fingerprint density at radius 2 is 1.97 bits per heavy atom. The third-order valence-corrected chi connectivity index (χ3v) is 6.88. The smallest absolute Gasteiger partial charge is 0.321 e. The van der Waals surface area contributed by atoms with Crippen molar-refractivity contribution in [2.24, 2.45) is 5.92 Å². The molecule has 0 saturated carbocycles. The summed E-state index contributed by atoms with van der Waals surface area (Å²) in [7, 11) is 0. The lowest BCUT2D eigenvalue weighted by atomic mass is 9.75. The van der Waals surface area contributed by atoms with Crippen molar-refractivity contribution >= 4 is 34.2 Å². The van der Waals surface area contributed by atoms with Gasteiger partial charge < -0.3 is 15.3 Å². The number of nitrogens with one attached hydrogen (secondary N) is 1. The number of rotatable bonds is 2. The first-order chi connectivity index (χ1) is 14.4. The maximum Gasteiger partial charge on any atom is 0.321 e. The quantitative estimate of drug-likeness (QED) is 0.629. The normalized spacial score (nSPS) is 23.9. The lowest BCUT2D eigenvalue weighted by Crippen LogP contribution is -2.49. The van der Waals surface area contributed by atoms with Gasteiger partial charge in [-0.05, 0) is 62.1 Å². The molecule has 3 heterocycles. The molecule has 2 amide bonds. The summed E-state index contributed by atoms with van der Waals surface area (Å²) in [6, 6.07) is 9.21. The zero-order valence-corrected chi connectivity index (χ0v) is 17.2. The third-order valence-electron chi connectivity index (χ3n) is 6.67. The van der Waals surface area contributed by atoms with Crippen molar-refractivity contribution in [1.82, 2.24) is 14.7 Å². The number of carbonyl (C=O) groups excluding carboxylic acids is 1. The molecule has 5 rings (SSSR count). The number of piperidine rings is 1. The van der Waals surface area contributed by atoms with Crippen molar-refractivity contribution in [1.29, 1.82) is 0 Å². The van der Waals surface area contributed by atoms with Crippen LogP contribution in [-0.2, 0) is 5.54 Å². The van der Waals surface area contributed by atoms with Gasteiger partial charge >= 0.3 is 6.03 Å². The van der Waals surface area contributed by atoms with Gasteiger partial charge in [0.15, 0.2) is 0 Å². The van der Waals surface area contributed by atoms with E-state index in [0.29, 0.717) is 23.8 Å². The average molecular weight is 429 g/mol. The summed E-state index contributed by atoms with van der Waals surface area (Å²) in [5.41, 5.74) is 1.72. The SMILES string of the molecule is CC1(C2CCN(C(=O)Nc3ccc(F)cc3)CC2)[C@@H](O)c2cc(Cl)cc3cnn1c23. The molecule has 0 spiro atoms. The molecule has 1 unspecified atom stereocenters. The Balaban J connectivity index is 1.32. The fraction of sp³-hybridized carbons (Fsp3) is 0.364. The largest absolute Gasteiger partial charge is 0.386 e. The summed E-state index contributed by atoms with van der Waals surface area (Å²) in [5, 5.41) is 20.1. The number of nitrogens with zero attached hydrogens (tertiary/aromatic N) is 3. The van der Waals surface area contributed by atoms with Crippen LogP contribution in [0.2, 0.25) is 5.02 Å². The van der Waals surface area contributed by atoms with Crippen molar-refractivity contribution in [3.63, 3.8) is 0 Å². The molecule has 3 aromatic rings. The Morgan fingerprint density at radius 1 is 1.27 bits per heavy atom. The van der Waals surface area contributed by atoms with Crippen molar-refractivity contribution < 1.29 is 14.3 Å². The molecule has 0 aliphatic carbocycles. The summed E-state index contributed by atoms with van der Waals surface area (Å²) in [6.45, 7) is 3.18. The predicted octanol–water partition coefficient (Wildman–Crippen LogP) is 4.54. The number of benzene rings is 2. The van der Waals surface area contributed by atoms with E-state index in [1.54, 1.807) is 23.2 Å². The minimum atomic E-state index is -0.702. The number of urea groups is 1. The third kappa shape index (κ3) is 2.87. The van der Waals surface area contributed by atoms with Gasteiger partial charge in [0.25, 0.3) is 0 Å². The van der Waals surface area contributed by atoms with Gasteiger partial charge in [-0.3, -0.25) is 4.68 Å². The molecule has 6 nitrogen and oxygen atoms in total. The molecule has 1 fully saturated rings. The van der Waals surface area contributed by atoms with E-state index < -0.39 is 11.6 Å². The minimum absolute atomic E-state index is 0.150. The first-order valence-corrected chi connectivity index (χ1v) is 10.4. The number of carbonyl (C=O) groups is 1. The van der Waals surface area contributed by atoms with E-state index in [1.807, 2.05) is 23.7 Å². The molecule has 8 heteroatoms. The number of anilines is 1. The average Bonchev–Trinajstić information content (AvgIpc) is 3.26. The predicted molar refractivity (Wildman–Crippen MR) is 113 cm³/mol. The van der Waals surface area contributed by atoms with Gasteiger partial charge in [-0.1, -0.05) is 11.6 Å². The van der Waals surface area contributed by atoms with Crippen LogP contribution in [0.4, 0.5) is 14.9 Å². The minimum Gasteiger partial charge on any atom is -0.386 e. The Labute approximate surface area is 178 Å². The Hall–Kier alpha value is -2.64. The molecule has 0 radical (unpaired) electrons. The molecule has 0 bridgehead atoms. The van der Waals surface area contributed by atoms with E-state index in [4.69, 9.17) is 11.6 Å². The highest BCUT2D eigenvalue weighted by Gasteiger charge is 2.50. The van der Waals surface area contributed by atoms with Crippen LogP contribution in [0.25, 0.3) is 10.9 Å². The summed E-state index contributed by atoms with van der Waals surface area (Å²) >= 11 is 6.24. The summed E-state index contributed by atoms with van der Waals surface area (Å²) in [6.07, 6.45) is 2.58. The van der Waals surface area contributed by atoms with Gasteiger partial charge in [-0.2, -0.15) is 5.10 Å². The van der Waals surface area contributed by atoms with Gasteiger partial charge in [0.1, 0.15) is 11.9 Å². The van der Waals surface area contributed by atoms with Crippen molar-refractivity contribution in [3.8, 4) is 0 Å². The van der Waals surface area contributed by atoms with Crippen LogP contribution in [-0.4, -0.2) is 38.9 Å². The Kier molecular flexibility index (Phi) is 4.48. The number of halogens is 2. The first-order valence-electron chi connectivity index (χ1n) is 10.0. The molecule has 2 aliphatic rings. The first kappa shape index (κ1) is 19.3. The van der Waals surface area contributed by atoms with E-state index in [0.717, 1.165) is 29.3 Å². The highest BCUT2D eigenvalue weighted by molar-refractivity contribution is 6.31. The maximum atomic E-state index is 13.1. The number of hydrogen-bond acceptors (Lipinski definition) is 3. The van der Waals surface area contributed by atoms with Crippen LogP contribution in [0, 0.1) is 11.7 Å². The van der Waals surface area contributed by atoms with E-state index in [9.17, 15) is 14.3 Å². The van der Waals surface area contributed by atoms with Crippen LogP contribution >= 0.6 is 11.6 Å². The van der Waals surface area contributed by atoms with E-state index in [2.05, 4.69) is 10.4 Å². The van der Waals surface area contributed by atoms with E-state index in [-0.39, 0.29) is 17.8 Å². The van der Waals surface area contributed by atoms with Crippen LogP contribution in [0.1, 0.15) is 31.4 Å². The number of aliphatic hydroxyl groups excluding tert-OH is 1. The van der Waals surface area contributed by atoms with E-state index >= 15 is 0 Å². The number of hydrogen-bond donors (Lipinski definition) is 2. The Morgan fingerprint density at radius 3 is 2.67 bits per heavy atom. The molecule has 2 N–H and O–H groups in total. The highest BCUT2D eigenvalue weighted by atomic mass is 35.5. The van der Waals surface area contributed by atoms with Crippen molar-refractivity contribution in [3.05, 3.63) is 59.0 Å². The van der Waals surface area contributed by atoms with Gasteiger partial charge in [0.05, 0.1) is 17.3 Å².